The molecular weight excluding hydrogens is 448 g/mol. The summed E-state index contributed by atoms with van der Waals surface area (Å²) in [5.41, 5.74) is 8.44. The Morgan fingerprint density at radius 2 is 0.861 bits per heavy atom. The summed E-state index contributed by atoms with van der Waals surface area (Å²) in [4.78, 5) is 22.5. The third-order valence-electron chi connectivity index (χ3n) is 5.73. The van der Waals surface area contributed by atoms with Gasteiger partial charge in [0.15, 0.2) is 0 Å². The number of carbonyl (C=O) groups is 2. The Labute approximate surface area is 211 Å². The molecule has 0 atom stereocenters. The van der Waals surface area contributed by atoms with E-state index in [9.17, 15) is 9.59 Å². The molecule has 4 nitrogen and oxygen atoms in total. The van der Waals surface area contributed by atoms with Gasteiger partial charge in [-0.2, -0.15) is 0 Å². The van der Waals surface area contributed by atoms with Gasteiger partial charge in [-0.1, -0.05) is 98.1 Å². The normalized spacial score (nSPS) is 10.3. The van der Waals surface area contributed by atoms with E-state index in [-0.39, 0.29) is 13.2 Å². The molecule has 0 aliphatic heterocycles. The van der Waals surface area contributed by atoms with Crippen LogP contribution in [0, 0.1) is 0 Å². The fourth-order valence-corrected chi connectivity index (χ4v) is 3.77. The Kier molecular flexibility index (Phi) is 7.89. The zero-order valence-electron chi connectivity index (χ0n) is 19.9. The van der Waals surface area contributed by atoms with Crippen LogP contribution in [0.4, 0.5) is 0 Å². The SMILES string of the molecule is C=CC(=O)OCc1ccc(-c2cccc(-c3cccc(-c4ccc(COC(=O)C=C)cc4)c3)c2)cc1. The van der Waals surface area contributed by atoms with Gasteiger partial charge in [0.2, 0.25) is 0 Å². The Hall–Kier alpha value is -4.70. The summed E-state index contributed by atoms with van der Waals surface area (Å²) in [6.07, 6.45) is 2.32. The van der Waals surface area contributed by atoms with Gasteiger partial charge >= 0.3 is 11.9 Å². The molecule has 36 heavy (non-hydrogen) atoms. The Morgan fingerprint density at radius 1 is 0.528 bits per heavy atom. The molecule has 0 heterocycles. The van der Waals surface area contributed by atoms with Crippen LogP contribution >= 0.6 is 0 Å². The summed E-state index contributed by atoms with van der Waals surface area (Å²) in [7, 11) is 0. The number of benzene rings is 4. The summed E-state index contributed by atoms with van der Waals surface area (Å²) in [5.74, 6) is -0.863. The number of esters is 2. The van der Waals surface area contributed by atoms with Crippen LogP contribution in [0.15, 0.2) is 122 Å². The third kappa shape index (κ3) is 6.24. The third-order valence-corrected chi connectivity index (χ3v) is 5.73. The maximum atomic E-state index is 11.3. The lowest BCUT2D eigenvalue weighted by Gasteiger charge is -2.10. The fraction of sp³-hybridized carbons (Fsp3) is 0.0625. The quantitative estimate of drug-likeness (QED) is 0.191. The van der Waals surface area contributed by atoms with Gasteiger partial charge in [0, 0.05) is 12.2 Å². The first kappa shape index (κ1) is 24.4. The van der Waals surface area contributed by atoms with Crippen molar-refractivity contribution >= 4 is 11.9 Å². The van der Waals surface area contributed by atoms with Crippen molar-refractivity contribution in [2.24, 2.45) is 0 Å². The second-order valence-electron chi connectivity index (χ2n) is 8.18. The van der Waals surface area contributed by atoms with Gasteiger partial charge in [-0.3, -0.25) is 0 Å². The summed E-state index contributed by atoms with van der Waals surface area (Å²) < 4.78 is 10.2. The smallest absolute Gasteiger partial charge is 0.330 e. The van der Waals surface area contributed by atoms with Gasteiger partial charge in [0.05, 0.1) is 0 Å². The molecule has 4 rings (SSSR count). The molecular formula is C32H26O4. The molecule has 0 radical (unpaired) electrons. The van der Waals surface area contributed by atoms with Crippen LogP contribution in [-0.2, 0) is 32.3 Å². The molecule has 4 aromatic rings. The van der Waals surface area contributed by atoms with Crippen molar-refractivity contribution in [3.63, 3.8) is 0 Å². The lowest BCUT2D eigenvalue weighted by atomic mass is 9.96. The van der Waals surface area contributed by atoms with Crippen molar-refractivity contribution in [2.75, 3.05) is 0 Å². The summed E-state index contributed by atoms with van der Waals surface area (Å²) >= 11 is 0. The second kappa shape index (κ2) is 11.6. The number of hydrogen-bond acceptors (Lipinski definition) is 4. The van der Waals surface area contributed by atoms with E-state index in [0.29, 0.717) is 0 Å². The van der Waals surface area contributed by atoms with Crippen molar-refractivity contribution < 1.29 is 19.1 Å². The minimum atomic E-state index is -0.432. The molecule has 0 saturated carbocycles. The first-order chi connectivity index (χ1) is 17.6. The van der Waals surface area contributed by atoms with Crippen molar-refractivity contribution in [2.45, 2.75) is 13.2 Å². The van der Waals surface area contributed by atoms with Crippen molar-refractivity contribution in [3.05, 3.63) is 133 Å². The van der Waals surface area contributed by atoms with Crippen LogP contribution in [0.3, 0.4) is 0 Å². The highest BCUT2D eigenvalue weighted by molar-refractivity contribution is 5.81. The van der Waals surface area contributed by atoms with Crippen LogP contribution in [0.2, 0.25) is 0 Å². The van der Waals surface area contributed by atoms with Gasteiger partial charge in [-0.15, -0.1) is 0 Å². The van der Waals surface area contributed by atoms with E-state index < -0.39 is 11.9 Å². The first-order valence-corrected chi connectivity index (χ1v) is 11.5. The molecule has 0 spiro atoms. The zero-order valence-corrected chi connectivity index (χ0v) is 19.9. The van der Waals surface area contributed by atoms with Crippen molar-refractivity contribution in [1.29, 1.82) is 0 Å². The molecule has 0 fully saturated rings. The van der Waals surface area contributed by atoms with Gasteiger partial charge in [0.25, 0.3) is 0 Å². The molecule has 0 N–H and O–H groups in total. The predicted octanol–water partition coefficient (Wildman–Crippen LogP) is 7.15. The molecule has 0 amide bonds. The number of rotatable bonds is 9. The first-order valence-electron chi connectivity index (χ1n) is 11.5. The molecule has 4 aromatic carbocycles. The van der Waals surface area contributed by atoms with Gasteiger partial charge in [-0.25, -0.2) is 9.59 Å². The van der Waals surface area contributed by atoms with Crippen LogP contribution < -0.4 is 0 Å². The number of carbonyl (C=O) groups excluding carboxylic acids is 2. The monoisotopic (exact) mass is 474 g/mol. The molecule has 4 heteroatoms. The van der Waals surface area contributed by atoms with E-state index in [2.05, 4.69) is 61.7 Å². The van der Waals surface area contributed by atoms with Crippen molar-refractivity contribution in [1.82, 2.24) is 0 Å². The largest absolute Gasteiger partial charge is 0.458 e. The summed E-state index contributed by atoms with van der Waals surface area (Å²) in [6, 6.07) is 32.8. The van der Waals surface area contributed by atoms with E-state index >= 15 is 0 Å². The highest BCUT2D eigenvalue weighted by Gasteiger charge is 2.06. The van der Waals surface area contributed by atoms with Crippen LogP contribution in [0.1, 0.15) is 11.1 Å². The Bertz CT molecular complexity index is 1270. The molecule has 0 bridgehead atoms. The maximum absolute atomic E-state index is 11.3. The Balaban J connectivity index is 1.50. The average Bonchev–Trinajstić information content (AvgIpc) is 2.95. The number of ether oxygens (including phenoxy) is 2. The minimum absolute atomic E-state index is 0.221. The standard InChI is InChI=1S/C32H26O4/c1-3-31(33)35-21-23-11-15-25(16-12-23)27-7-5-9-29(19-27)30-10-6-8-28(20-30)26-17-13-24(14-18-26)22-36-32(34)4-2/h3-20H,1-2,21-22H2. The highest BCUT2D eigenvalue weighted by atomic mass is 16.5. The van der Waals surface area contributed by atoms with E-state index in [1.807, 2.05) is 48.5 Å². The molecule has 0 aromatic heterocycles. The van der Waals surface area contributed by atoms with E-state index in [4.69, 9.17) is 9.47 Å². The zero-order chi connectivity index (χ0) is 25.3. The lowest BCUT2D eigenvalue weighted by molar-refractivity contribution is -0.139. The lowest BCUT2D eigenvalue weighted by Crippen LogP contribution is -1.99. The molecule has 0 unspecified atom stereocenters. The second-order valence-corrected chi connectivity index (χ2v) is 8.18. The van der Waals surface area contributed by atoms with Crippen LogP contribution in [0.5, 0.6) is 0 Å². The molecule has 0 saturated heterocycles. The van der Waals surface area contributed by atoms with E-state index in [1.54, 1.807) is 0 Å². The van der Waals surface area contributed by atoms with E-state index in [0.717, 1.165) is 56.7 Å². The van der Waals surface area contributed by atoms with E-state index in [1.165, 1.54) is 0 Å². The molecule has 178 valence electrons. The maximum Gasteiger partial charge on any atom is 0.330 e. The predicted molar refractivity (Wildman–Crippen MR) is 143 cm³/mol. The average molecular weight is 475 g/mol. The highest BCUT2D eigenvalue weighted by Crippen LogP contribution is 2.30. The minimum Gasteiger partial charge on any atom is -0.458 e. The summed E-state index contributed by atoms with van der Waals surface area (Å²) in [6.45, 7) is 7.26. The molecule has 0 aliphatic carbocycles. The van der Waals surface area contributed by atoms with Crippen LogP contribution in [0.25, 0.3) is 33.4 Å². The van der Waals surface area contributed by atoms with Crippen LogP contribution in [-0.4, -0.2) is 11.9 Å². The summed E-state index contributed by atoms with van der Waals surface area (Å²) in [5, 5.41) is 0. The number of hydrogen-bond donors (Lipinski definition) is 0. The van der Waals surface area contributed by atoms with Gasteiger partial charge in [-0.05, 0) is 56.6 Å². The topological polar surface area (TPSA) is 52.6 Å². The van der Waals surface area contributed by atoms with Gasteiger partial charge in [0.1, 0.15) is 13.2 Å². The molecule has 0 aliphatic rings. The van der Waals surface area contributed by atoms with Gasteiger partial charge < -0.3 is 9.47 Å². The van der Waals surface area contributed by atoms with Crippen molar-refractivity contribution in [3.8, 4) is 33.4 Å². The fourth-order valence-electron chi connectivity index (χ4n) is 3.77. The Morgan fingerprint density at radius 3 is 1.19 bits per heavy atom.